The van der Waals surface area contributed by atoms with Gasteiger partial charge in [0, 0.05) is 10.9 Å². The average molecular weight is 299 g/mol. The Labute approximate surface area is 126 Å². The summed E-state index contributed by atoms with van der Waals surface area (Å²) >= 11 is 6.43. The molecule has 0 amide bonds. The van der Waals surface area contributed by atoms with Gasteiger partial charge in [-0.1, -0.05) is 35.9 Å². The number of hydrogen-bond donors (Lipinski definition) is 2. The van der Waals surface area contributed by atoms with E-state index in [0.29, 0.717) is 5.02 Å². The third-order valence-electron chi connectivity index (χ3n) is 3.38. The number of carboxylic acid groups (broad SMARTS) is 1. The molecule has 3 aromatic carbocycles. The third kappa shape index (κ3) is 2.43. The second-order valence-electron chi connectivity index (χ2n) is 4.72. The Hall–Kier alpha value is -2.52. The van der Waals surface area contributed by atoms with Gasteiger partial charge in [-0.3, -0.25) is 0 Å². The molecule has 0 aromatic heterocycles. The first-order valence-electron chi connectivity index (χ1n) is 6.31. The summed E-state index contributed by atoms with van der Waals surface area (Å²) in [5.41, 5.74) is 1.91. The van der Waals surface area contributed by atoms with Crippen LogP contribution in [0.4, 0.5) is 0 Å². The lowest BCUT2D eigenvalue weighted by molar-refractivity contribution is 0.0697. The molecule has 21 heavy (non-hydrogen) atoms. The quantitative estimate of drug-likeness (QED) is 0.729. The van der Waals surface area contributed by atoms with Crippen molar-refractivity contribution < 1.29 is 15.0 Å². The monoisotopic (exact) mass is 298 g/mol. The molecule has 0 heterocycles. The van der Waals surface area contributed by atoms with Crippen molar-refractivity contribution >= 4 is 28.3 Å². The number of hydrogen-bond acceptors (Lipinski definition) is 2. The first-order chi connectivity index (χ1) is 10.1. The van der Waals surface area contributed by atoms with Gasteiger partial charge in [0.05, 0.1) is 10.6 Å². The molecule has 0 aliphatic rings. The number of phenols is 1. The highest BCUT2D eigenvalue weighted by molar-refractivity contribution is 6.38. The summed E-state index contributed by atoms with van der Waals surface area (Å²) < 4.78 is 0. The number of benzene rings is 3. The van der Waals surface area contributed by atoms with Crippen molar-refractivity contribution in [2.45, 2.75) is 0 Å². The van der Waals surface area contributed by atoms with Gasteiger partial charge in [-0.2, -0.15) is 0 Å². The maximum Gasteiger partial charge on any atom is 0.335 e. The molecule has 0 bridgehead atoms. The van der Waals surface area contributed by atoms with E-state index in [0.717, 1.165) is 21.9 Å². The van der Waals surface area contributed by atoms with E-state index in [1.807, 2.05) is 12.1 Å². The zero-order chi connectivity index (χ0) is 15.0. The van der Waals surface area contributed by atoms with Crippen molar-refractivity contribution in [2.24, 2.45) is 0 Å². The van der Waals surface area contributed by atoms with Gasteiger partial charge in [-0.05, 0) is 41.3 Å². The maximum atomic E-state index is 10.9. The van der Waals surface area contributed by atoms with Gasteiger partial charge in [-0.25, -0.2) is 4.79 Å². The zero-order valence-electron chi connectivity index (χ0n) is 10.9. The van der Waals surface area contributed by atoms with Crippen molar-refractivity contribution in [3.8, 4) is 16.9 Å². The van der Waals surface area contributed by atoms with E-state index in [1.54, 1.807) is 42.5 Å². The van der Waals surface area contributed by atoms with Gasteiger partial charge >= 0.3 is 5.97 Å². The Morgan fingerprint density at radius 2 is 1.67 bits per heavy atom. The molecule has 0 aliphatic carbocycles. The second kappa shape index (κ2) is 5.11. The van der Waals surface area contributed by atoms with Crippen LogP contribution in [-0.4, -0.2) is 16.2 Å². The lowest BCUT2D eigenvalue weighted by Gasteiger charge is -2.09. The van der Waals surface area contributed by atoms with Crippen LogP contribution in [0.1, 0.15) is 10.4 Å². The molecule has 104 valence electrons. The van der Waals surface area contributed by atoms with E-state index >= 15 is 0 Å². The van der Waals surface area contributed by atoms with Crippen molar-refractivity contribution in [3.63, 3.8) is 0 Å². The fourth-order valence-electron chi connectivity index (χ4n) is 2.29. The molecule has 3 rings (SSSR count). The molecule has 2 N–H and O–H groups in total. The molecule has 0 saturated carbocycles. The Balaban J connectivity index is 2.14. The van der Waals surface area contributed by atoms with Gasteiger partial charge in [0.15, 0.2) is 0 Å². The minimum absolute atomic E-state index is 0.192. The lowest BCUT2D eigenvalue weighted by Crippen LogP contribution is -1.95. The summed E-state index contributed by atoms with van der Waals surface area (Å²) in [6.07, 6.45) is 0. The minimum atomic E-state index is -0.957. The third-order valence-corrected chi connectivity index (χ3v) is 3.79. The van der Waals surface area contributed by atoms with Crippen LogP contribution >= 0.6 is 11.6 Å². The largest absolute Gasteiger partial charge is 0.508 e. The number of aromatic carboxylic acids is 1. The molecule has 0 spiro atoms. The Bertz CT molecular complexity index is 839. The van der Waals surface area contributed by atoms with Crippen molar-refractivity contribution in [1.82, 2.24) is 0 Å². The SMILES string of the molecule is O=C(O)c1ccc(-c2ccc3cc(O)ccc3c2Cl)cc1. The van der Waals surface area contributed by atoms with Gasteiger partial charge in [-0.15, -0.1) is 0 Å². The molecule has 0 saturated heterocycles. The second-order valence-corrected chi connectivity index (χ2v) is 5.09. The molecule has 4 heteroatoms. The number of fused-ring (bicyclic) bond motifs is 1. The van der Waals surface area contributed by atoms with Gasteiger partial charge in [0.25, 0.3) is 0 Å². The normalized spacial score (nSPS) is 10.7. The van der Waals surface area contributed by atoms with Gasteiger partial charge < -0.3 is 10.2 Å². The molecule has 0 aliphatic heterocycles. The number of aromatic hydroxyl groups is 1. The molecular formula is C17H11ClO3. The highest BCUT2D eigenvalue weighted by Crippen LogP contribution is 2.35. The van der Waals surface area contributed by atoms with Gasteiger partial charge in [0.1, 0.15) is 5.75 Å². The summed E-state index contributed by atoms with van der Waals surface area (Å²) in [5, 5.41) is 20.7. The summed E-state index contributed by atoms with van der Waals surface area (Å²) in [6, 6.07) is 15.3. The smallest absolute Gasteiger partial charge is 0.335 e. The van der Waals surface area contributed by atoms with Crippen LogP contribution in [0.2, 0.25) is 5.02 Å². The van der Waals surface area contributed by atoms with Crippen molar-refractivity contribution in [2.75, 3.05) is 0 Å². The first kappa shape index (κ1) is 13.5. The maximum absolute atomic E-state index is 10.9. The summed E-state index contributed by atoms with van der Waals surface area (Å²) in [5.74, 6) is -0.765. The van der Waals surface area contributed by atoms with Crippen LogP contribution in [0.25, 0.3) is 21.9 Å². The van der Waals surface area contributed by atoms with Crippen LogP contribution in [0.3, 0.4) is 0 Å². The Morgan fingerprint density at radius 1 is 0.952 bits per heavy atom. The van der Waals surface area contributed by atoms with E-state index in [1.165, 1.54) is 0 Å². The lowest BCUT2D eigenvalue weighted by atomic mass is 10.00. The summed E-state index contributed by atoms with van der Waals surface area (Å²) in [7, 11) is 0. The van der Waals surface area contributed by atoms with Crippen molar-refractivity contribution in [3.05, 3.63) is 65.2 Å². The topological polar surface area (TPSA) is 57.5 Å². The molecule has 0 unspecified atom stereocenters. The first-order valence-corrected chi connectivity index (χ1v) is 6.69. The molecule has 0 fully saturated rings. The summed E-state index contributed by atoms with van der Waals surface area (Å²) in [4.78, 5) is 10.9. The standard InChI is InChI=1S/C17H11ClO3/c18-16-14(10-1-3-11(4-2-10)17(20)21)7-5-12-9-13(19)6-8-15(12)16/h1-9,19H,(H,20,21). The van der Waals surface area contributed by atoms with Crippen molar-refractivity contribution in [1.29, 1.82) is 0 Å². The highest BCUT2D eigenvalue weighted by atomic mass is 35.5. The number of phenolic OH excluding ortho intramolecular Hbond substituents is 1. The molecular weight excluding hydrogens is 288 g/mol. The van der Waals surface area contributed by atoms with Crippen LogP contribution in [-0.2, 0) is 0 Å². The van der Waals surface area contributed by atoms with Crippen LogP contribution in [0.5, 0.6) is 5.75 Å². The molecule has 0 atom stereocenters. The highest BCUT2D eigenvalue weighted by Gasteiger charge is 2.09. The van der Waals surface area contributed by atoms with E-state index in [-0.39, 0.29) is 11.3 Å². The molecule has 3 aromatic rings. The fourth-order valence-corrected chi connectivity index (χ4v) is 2.64. The number of carbonyl (C=O) groups is 1. The van der Waals surface area contributed by atoms with E-state index < -0.39 is 5.97 Å². The fraction of sp³-hybridized carbons (Fsp3) is 0. The van der Waals surface area contributed by atoms with Crippen LogP contribution in [0.15, 0.2) is 54.6 Å². The molecule has 3 nitrogen and oxygen atoms in total. The predicted octanol–water partition coefficient (Wildman–Crippen LogP) is 4.56. The minimum Gasteiger partial charge on any atom is -0.508 e. The number of rotatable bonds is 2. The zero-order valence-corrected chi connectivity index (χ0v) is 11.6. The average Bonchev–Trinajstić information content (AvgIpc) is 2.47. The predicted molar refractivity (Wildman–Crippen MR) is 83.0 cm³/mol. The Kier molecular flexibility index (Phi) is 3.28. The number of halogens is 1. The summed E-state index contributed by atoms with van der Waals surface area (Å²) in [6.45, 7) is 0. The van der Waals surface area contributed by atoms with E-state index in [4.69, 9.17) is 16.7 Å². The van der Waals surface area contributed by atoms with Crippen LogP contribution < -0.4 is 0 Å². The van der Waals surface area contributed by atoms with E-state index in [9.17, 15) is 9.90 Å². The molecule has 0 radical (unpaired) electrons. The van der Waals surface area contributed by atoms with Crippen LogP contribution in [0, 0.1) is 0 Å². The van der Waals surface area contributed by atoms with Gasteiger partial charge in [0.2, 0.25) is 0 Å². The number of carboxylic acids is 1. The van der Waals surface area contributed by atoms with E-state index in [2.05, 4.69) is 0 Å². The Morgan fingerprint density at radius 3 is 2.33 bits per heavy atom.